The van der Waals surface area contributed by atoms with Crippen molar-refractivity contribution in [1.82, 2.24) is 9.97 Å². The Morgan fingerprint density at radius 3 is 2.30 bits per heavy atom. The number of carbonyl (C=O) groups is 1. The number of benzene rings is 2. The molecule has 1 aliphatic heterocycles. The van der Waals surface area contributed by atoms with E-state index in [1.165, 1.54) is 17.4 Å². The van der Waals surface area contributed by atoms with Crippen molar-refractivity contribution in [2.45, 2.75) is 11.6 Å². The monoisotopic (exact) mass is 420 g/mol. The average molecular weight is 421 g/mol. The number of hydrogen-bond acceptors (Lipinski definition) is 7. The highest BCUT2D eigenvalue weighted by molar-refractivity contribution is 7.99. The van der Waals surface area contributed by atoms with Gasteiger partial charge in [0, 0.05) is 37.9 Å². The van der Waals surface area contributed by atoms with Crippen molar-refractivity contribution >= 4 is 29.2 Å². The molecule has 0 atom stereocenters. The van der Waals surface area contributed by atoms with Crippen LogP contribution in [0.15, 0.2) is 78.1 Å². The first-order valence-corrected chi connectivity index (χ1v) is 11.0. The first-order chi connectivity index (χ1) is 14.8. The zero-order chi connectivity index (χ0) is 20.6. The topological polar surface area (TPSA) is 58.6 Å². The fourth-order valence-electron chi connectivity index (χ4n) is 3.33. The Hall–Kier alpha value is -3.06. The highest BCUT2D eigenvalue weighted by Crippen LogP contribution is 2.22. The summed E-state index contributed by atoms with van der Waals surface area (Å²) < 4.78 is 5.33. The predicted molar refractivity (Wildman–Crippen MR) is 120 cm³/mol. The van der Waals surface area contributed by atoms with Gasteiger partial charge in [-0.05, 0) is 17.7 Å². The van der Waals surface area contributed by atoms with Crippen LogP contribution in [-0.2, 0) is 16.1 Å². The van der Waals surface area contributed by atoms with Crippen molar-refractivity contribution in [2.24, 2.45) is 0 Å². The Labute approximate surface area is 180 Å². The predicted octanol–water partition coefficient (Wildman–Crippen LogP) is 3.64. The summed E-state index contributed by atoms with van der Waals surface area (Å²) in [6.45, 7) is 3.98. The Bertz CT molecular complexity index is 948. The summed E-state index contributed by atoms with van der Waals surface area (Å²) >= 11 is 1.38. The highest BCUT2D eigenvalue weighted by atomic mass is 32.2. The molecule has 154 valence electrons. The lowest BCUT2D eigenvalue weighted by molar-refractivity contribution is -0.141. The lowest BCUT2D eigenvalue weighted by atomic mass is 10.2. The van der Waals surface area contributed by atoms with Crippen molar-refractivity contribution in [1.29, 1.82) is 0 Å². The van der Waals surface area contributed by atoms with Gasteiger partial charge in [-0.2, -0.15) is 0 Å². The number of anilines is 2. The van der Waals surface area contributed by atoms with Crippen LogP contribution in [0.4, 0.5) is 11.5 Å². The van der Waals surface area contributed by atoms with Crippen LogP contribution in [-0.4, -0.2) is 47.9 Å². The van der Waals surface area contributed by atoms with Crippen LogP contribution in [0.5, 0.6) is 0 Å². The third-order valence-electron chi connectivity index (χ3n) is 4.93. The maximum atomic E-state index is 12.0. The maximum Gasteiger partial charge on any atom is 0.316 e. The minimum atomic E-state index is -0.250. The number of esters is 1. The number of hydrogen-bond donors (Lipinski definition) is 0. The fraction of sp³-hybridized carbons (Fsp3) is 0.261. The molecule has 0 unspecified atom stereocenters. The molecule has 1 fully saturated rings. The number of carbonyl (C=O) groups excluding carboxylic acids is 1. The molecule has 0 radical (unpaired) electrons. The zero-order valence-corrected chi connectivity index (χ0v) is 17.5. The van der Waals surface area contributed by atoms with Crippen molar-refractivity contribution in [3.8, 4) is 0 Å². The molecule has 1 aliphatic rings. The number of rotatable bonds is 7. The minimum absolute atomic E-state index is 0.227. The van der Waals surface area contributed by atoms with E-state index in [9.17, 15) is 4.79 Å². The molecule has 3 aromatic rings. The van der Waals surface area contributed by atoms with Gasteiger partial charge >= 0.3 is 5.97 Å². The molecule has 2 aromatic carbocycles. The zero-order valence-electron chi connectivity index (χ0n) is 16.7. The molecule has 0 spiro atoms. The molecule has 1 saturated heterocycles. The second-order valence-electron chi connectivity index (χ2n) is 6.96. The second-order valence-corrected chi connectivity index (χ2v) is 7.95. The fourth-order valence-corrected chi connectivity index (χ4v) is 3.99. The van der Waals surface area contributed by atoms with Crippen LogP contribution in [0.2, 0.25) is 0 Å². The van der Waals surface area contributed by atoms with Gasteiger partial charge in [0.05, 0.1) is 5.75 Å². The Balaban J connectivity index is 1.26. The molecule has 2 heterocycles. The molecule has 0 aliphatic carbocycles. The van der Waals surface area contributed by atoms with Crippen molar-refractivity contribution in [3.05, 3.63) is 78.6 Å². The van der Waals surface area contributed by atoms with Crippen LogP contribution < -0.4 is 9.80 Å². The molecule has 7 heteroatoms. The van der Waals surface area contributed by atoms with Gasteiger partial charge in [0.25, 0.3) is 0 Å². The molecular weight excluding hydrogens is 396 g/mol. The number of para-hydroxylation sites is 1. The molecule has 6 nitrogen and oxygen atoms in total. The van der Waals surface area contributed by atoms with Crippen LogP contribution >= 0.6 is 11.8 Å². The summed E-state index contributed by atoms with van der Waals surface area (Å²) in [7, 11) is 0. The summed E-state index contributed by atoms with van der Waals surface area (Å²) in [6.07, 6.45) is 1.57. The first-order valence-electron chi connectivity index (χ1n) is 9.97. The van der Waals surface area contributed by atoms with E-state index in [-0.39, 0.29) is 11.7 Å². The summed E-state index contributed by atoms with van der Waals surface area (Å²) in [6, 6.07) is 22.1. The van der Waals surface area contributed by atoms with E-state index in [4.69, 9.17) is 4.74 Å². The lowest BCUT2D eigenvalue weighted by Gasteiger charge is -2.36. The van der Waals surface area contributed by atoms with Gasteiger partial charge < -0.3 is 14.5 Å². The number of thioether (sulfide) groups is 1. The maximum absolute atomic E-state index is 12.0. The van der Waals surface area contributed by atoms with Gasteiger partial charge in [-0.1, -0.05) is 60.3 Å². The van der Waals surface area contributed by atoms with Gasteiger partial charge in [-0.15, -0.1) is 0 Å². The van der Waals surface area contributed by atoms with Crippen LogP contribution in [0.25, 0.3) is 0 Å². The van der Waals surface area contributed by atoms with E-state index in [1.807, 2.05) is 42.5 Å². The quantitative estimate of drug-likeness (QED) is 0.329. The number of ether oxygens (including phenoxy) is 1. The van der Waals surface area contributed by atoms with Crippen molar-refractivity contribution in [3.63, 3.8) is 0 Å². The van der Waals surface area contributed by atoms with Gasteiger partial charge in [0.2, 0.25) is 0 Å². The largest absolute Gasteiger partial charge is 0.460 e. The van der Waals surface area contributed by atoms with Gasteiger partial charge in [-0.3, -0.25) is 4.79 Å². The SMILES string of the molecule is O=C(CSc1cc(N2CCN(c3ccccc3)CC2)ncn1)OCc1ccccc1. The van der Waals surface area contributed by atoms with Gasteiger partial charge in [0.1, 0.15) is 23.8 Å². The van der Waals surface area contributed by atoms with E-state index in [0.717, 1.165) is 42.6 Å². The smallest absolute Gasteiger partial charge is 0.316 e. The average Bonchev–Trinajstić information content (AvgIpc) is 2.83. The van der Waals surface area contributed by atoms with E-state index in [1.54, 1.807) is 6.33 Å². The number of aromatic nitrogens is 2. The third-order valence-corrected chi connectivity index (χ3v) is 5.83. The highest BCUT2D eigenvalue weighted by Gasteiger charge is 2.19. The van der Waals surface area contributed by atoms with E-state index in [0.29, 0.717) is 6.61 Å². The van der Waals surface area contributed by atoms with Crippen molar-refractivity contribution < 1.29 is 9.53 Å². The molecule has 0 N–H and O–H groups in total. The molecule has 1 aromatic heterocycles. The summed E-state index contributed by atoms with van der Waals surface area (Å²) in [5.41, 5.74) is 2.24. The third kappa shape index (κ3) is 5.51. The Kier molecular flexibility index (Phi) is 6.82. The van der Waals surface area contributed by atoms with Gasteiger partial charge in [-0.25, -0.2) is 9.97 Å². The normalized spacial score (nSPS) is 13.9. The Morgan fingerprint density at radius 2 is 1.57 bits per heavy atom. The van der Waals surface area contributed by atoms with Crippen molar-refractivity contribution in [2.75, 3.05) is 41.7 Å². The first kappa shape index (κ1) is 20.2. The molecule has 0 saturated carbocycles. The summed E-state index contributed by atoms with van der Waals surface area (Å²) in [4.78, 5) is 25.4. The standard InChI is InChI=1S/C23H24N4O2S/c28-23(29-16-19-7-3-1-4-8-19)17-30-22-15-21(24-18-25-22)27-13-11-26(12-14-27)20-9-5-2-6-10-20/h1-10,15,18H,11-14,16-17H2. The van der Waals surface area contributed by atoms with E-state index >= 15 is 0 Å². The summed E-state index contributed by atoms with van der Waals surface area (Å²) in [5.74, 6) is 0.879. The second kappa shape index (κ2) is 10.1. The molecule has 4 rings (SSSR count). The number of piperazine rings is 1. The lowest BCUT2D eigenvalue weighted by Crippen LogP contribution is -2.46. The molecular formula is C23H24N4O2S. The molecule has 0 bridgehead atoms. The van der Waals surface area contributed by atoms with E-state index in [2.05, 4.69) is 44.0 Å². The minimum Gasteiger partial charge on any atom is -0.460 e. The molecule has 0 amide bonds. The molecule has 30 heavy (non-hydrogen) atoms. The number of nitrogens with zero attached hydrogens (tertiary/aromatic N) is 4. The van der Waals surface area contributed by atoms with Crippen LogP contribution in [0.3, 0.4) is 0 Å². The van der Waals surface area contributed by atoms with Crippen LogP contribution in [0, 0.1) is 0 Å². The Morgan fingerprint density at radius 1 is 0.900 bits per heavy atom. The summed E-state index contributed by atoms with van der Waals surface area (Å²) in [5, 5.41) is 0.780. The van der Waals surface area contributed by atoms with Gasteiger partial charge in [0.15, 0.2) is 0 Å². The van der Waals surface area contributed by atoms with Crippen LogP contribution in [0.1, 0.15) is 5.56 Å². The van der Waals surface area contributed by atoms with E-state index < -0.39 is 0 Å².